The van der Waals surface area contributed by atoms with Crippen LogP contribution in [0.2, 0.25) is 0 Å². The molecule has 2 aliphatic rings. The Hall–Kier alpha value is -4.65. The first kappa shape index (κ1) is 22.2. The molecule has 1 atom stereocenters. The molecular weight excluding hydrogens is 448 g/mol. The first-order valence-corrected chi connectivity index (χ1v) is 11.2. The lowest BCUT2D eigenvalue weighted by Gasteiger charge is -2.27. The van der Waals surface area contributed by atoms with E-state index < -0.39 is 29.7 Å². The van der Waals surface area contributed by atoms with Gasteiger partial charge in [-0.15, -0.1) is 0 Å². The molecule has 10 heteroatoms. The molecule has 10 nitrogen and oxygen atoms in total. The molecule has 4 amide bonds. The molecule has 1 fully saturated rings. The Morgan fingerprint density at radius 1 is 1.11 bits per heavy atom. The molecule has 5 rings (SSSR count). The largest absolute Gasteiger partial charge is 0.369 e. The quantitative estimate of drug-likeness (QED) is 0.412. The molecule has 0 spiro atoms. The molecule has 1 saturated heterocycles. The Morgan fingerprint density at radius 2 is 1.94 bits per heavy atom. The number of amides is 4. The van der Waals surface area contributed by atoms with Crippen molar-refractivity contribution in [2.75, 3.05) is 11.9 Å². The van der Waals surface area contributed by atoms with Gasteiger partial charge in [-0.3, -0.25) is 29.4 Å². The predicted molar refractivity (Wildman–Crippen MR) is 124 cm³/mol. The molecule has 2 aromatic heterocycles. The maximum Gasteiger partial charge on any atom is 0.262 e. The van der Waals surface area contributed by atoms with E-state index in [-0.39, 0.29) is 24.0 Å². The van der Waals surface area contributed by atoms with Crippen molar-refractivity contribution < 1.29 is 19.2 Å². The Kier molecular flexibility index (Phi) is 5.66. The first-order valence-electron chi connectivity index (χ1n) is 11.2. The minimum atomic E-state index is -0.981. The van der Waals surface area contributed by atoms with Crippen LogP contribution in [0.5, 0.6) is 0 Å². The van der Waals surface area contributed by atoms with Gasteiger partial charge < -0.3 is 5.32 Å². The maximum absolute atomic E-state index is 13.0. The summed E-state index contributed by atoms with van der Waals surface area (Å²) in [5.74, 6) is -1.61. The predicted octanol–water partition coefficient (Wildman–Crippen LogP) is 1.95. The van der Waals surface area contributed by atoms with Crippen LogP contribution in [-0.2, 0) is 16.0 Å². The van der Waals surface area contributed by atoms with Crippen molar-refractivity contribution in [3.63, 3.8) is 0 Å². The van der Waals surface area contributed by atoms with E-state index >= 15 is 0 Å². The van der Waals surface area contributed by atoms with Gasteiger partial charge in [0.15, 0.2) is 5.65 Å². The second-order valence-electron chi connectivity index (χ2n) is 8.40. The minimum absolute atomic E-state index is 0.0811. The number of benzene rings is 1. The maximum atomic E-state index is 13.0. The number of fused-ring (bicyclic) bond motifs is 2. The Morgan fingerprint density at radius 3 is 2.74 bits per heavy atom. The van der Waals surface area contributed by atoms with E-state index in [9.17, 15) is 24.4 Å². The molecule has 0 bridgehead atoms. The second-order valence-corrected chi connectivity index (χ2v) is 8.40. The number of nitrogens with zero attached hydrogens (tertiary/aromatic N) is 4. The minimum Gasteiger partial charge on any atom is -0.369 e. The number of piperidine rings is 1. The third-order valence-electron chi connectivity index (χ3n) is 6.15. The van der Waals surface area contributed by atoms with Crippen LogP contribution in [0.25, 0.3) is 11.0 Å². The van der Waals surface area contributed by atoms with E-state index in [1.807, 2.05) is 6.07 Å². The molecule has 2 aliphatic heterocycles. The highest BCUT2D eigenvalue weighted by Gasteiger charge is 2.44. The van der Waals surface area contributed by atoms with Gasteiger partial charge in [-0.05, 0) is 55.2 Å². The summed E-state index contributed by atoms with van der Waals surface area (Å²) in [5.41, 5.74) is 2.37. The van der Waals surface area contributed by atoms with Gasteiger partial charge in [-0.1, -0.05) is 6.07 Å². The van der Waals surface area contributed by atoms with Crippen molar-refractivity contribution in [1.82, 2.24) is 20.2 Å². The molecule has 174 valence electrons. The molecule has 35 heavy (non-hydrogen) atoms. The van der Waals surface area contributed by atoms with Gasteiger partial charge in [0.25, 0.3) is 11.8 Å². The van der Waals surface area contributed by atoms with Crippen molar-refractivity contribution in [3.05, 3.63) is 64.8 Å². The number of nitriles is 1. The number of carbonyl (C=O) groups excluding carboxylic acids is 4. The van der Waals surface area contributed by atoms with E-state index in [1.165, 1.54) is 0 Å². The summed E-state index contributed by atoms with van der Waals surface area (Å²) in [5, 5.41) is 15.6. The van der Waals surface area contributed by atoms with Crippen molar-refractivity contribution >= 4 is 40.5 Å². The fraction of sp³-hybridized carbons (Fsp3) is 0.240. The number of aromatic nitrogens is 2. The van der Waals surface area contributed by atoms with Crippen LogP contribution in [0, 0.1) is 11.3 Å². The van der Waals surface area contributed by atoms with Crippen LogP contribution in [0.15, 0.2) is 42.6 Å². The van der Waals surface area contributed by atoms with Crippen molar-refractivity contribution in [2.45, 2.75) is 31.7 Å². The van der Waals surface area contributed by atoms with Gasteiger partial charge in [0.1, 0.15) is 17.9 Å². The lowest BCUT2D eigenvalue weighted by Crippen LogP contribution is -2.54. The molecule has 3 aromatic rings. The number of pyridine rings is 2. The number of hydrogen-bond acceptors (Lipinski definition) is 8. The highest BCUT2D eigenvalue weighted by atomic mass is 16.2. The summed E-state index contributed by atoms with van der Waals surface area (Å²) in [4.78, 5) is 59.0. The van der Waals surface area contributed by atoms with E-state index in [1.54, 1.807) is 36.5 Å². The van der Waals surface area contributed by atoms with Crippen LogP contribution < -0.4 is 10.6 Å². The summed E-state index contributed by atoms with van der Waals surface area (Å²) in [6.07, 6.45) is 3.15. The molecular formula is C25H20N6O4. The van der Waals surface area contributed by atoms with E-state index in [2.05, 4.69) is 26.7 Å². The summed E-state index contributed by atoms with van der Waals surface area (Å²) in [7, 11) is 0. The van der Waals surface area contributed by atoms with E-state index in [0.717, 1.165) is 15.8 Å². The third kappa shape index (κ3) is 4.08. The molecule has 1 unspecified atom stereocenters. The lowest BCUT2D eigenvalue weighted by molar-refractivity contribution is -0.136. The summed E-state index contributed by atoms with van der Waals surface area (Å²) < 4.78 is 0. The molecule has 0 saturated carbocycles. The number of rotatable bonds is 6. The number of carbonyl (C=O) groups is 4. The van der Waals surface area contributed by atoms with Crippen LogP contribution in [0.1, 0.15) is 51.1 Å². The van der Waals surface area contributed by atoms with Crippen molar-refractivity contribution in [3.8, 4) is 6.07 Å². The monoisotopic (exact) mass is 468 g/mol. The highest BCUT2D eigenvalue weighted by molar-refractivity contribution is 6.23. The summed E-state index contributed by atoms with van der Waals surface area (Å²) >= 11 is 0. The van der Waals surface area contributed by atoms with Crippen LogP contribution >= 0.6 is 0 Å². The summed E-state index contributed by atoms with van der Waals surface area (Å²) in [6.45, 7) is 0.534. The SMILES string of the molecule is N#Cc1cc2cccnc2nc1NCCCc1ccc2c(c1)C(=O)N(C1CCC(=O)NC1=O)C2=O. The topological polar surface area (TPSA) is 145 Å². The Labute approximate surface area is 200 Å². The second kappa shape index (κ2) is 8.95. The zero-order valence-electron chi connectivity index (χ0n) is 18.6. The average Bonchev–Trinajstić information content (AvgIpc) is 3.10. The lowest BCUT2D eigenvalue weighted by atomic mass is 10.0. The van der Waals surface area contributed by atoms with Gasteiger partial charge in [0.05, 0.1) is 16.7 Å². The number of aryl methyl sites for hydroxylation is 1. The number of imide groups is 2. The van der Waals surface area contributed by atoms with Crippen molar-refractivity contribution in [1.29, 1.82) is 5.26 Å². The third-order valence-corrected chi connectivity index (χ3v) is 6.15. The van der Waals surface area contributed by atoms with Gasteiger partial charge in [-0.2, -0.15) is 5.26 Å². The highest BCUT2D eigenvalue weighted by Crippen LogP contribution is 2.28. The van der Waals surface area contributed by atoms with Gasteiger partial charge in [0, 0.05) is 24.5 Å². The zero-order valence-corrected chi connectivity index (χ0v) is 18.6. The molecule has 1 aromatic carbocycles. The Bertz CT molecular complexity index is 1440. The van der Waals surface area contributed by atoms with E-state index in [4.69, 9.17) is 0 Å². The fourth-order valence-corrected chi connectivity index (χ4v) is 4.40. The van der Waals surface area contributed by atoms with E-state index in [0.29, 0.717) is 36.4 Å². The van der Waals surface area contributed by atoms with Crippen molar-refractivity contribution in [2.24, 2.45) is 0 Å². The number of hydrogen-bond donors (Lipinski definition) is 2. The normalized spacial score (nSPS) is 17.3. The number of nitrogens with one attached hydrogen (secondary N) is 2. The molecule has 4 heterocycles. The standard InChI is InChI=1S/C25H20N6O4/c26-13-16-12-15-4-2-10-27-21(15)30-22(16)28-9-1-3-14-5-6-17-18(11-14)25(35)31(24(17)34)19-7-8-20(32)29-23(19)33/h2,4-6,10-12,19H,1,3,7-9H2,(H,27,28,30)(H,29,32,33). The number of anilines is 1. The van der Waals surface area contributed by atoms with Crippen LogP contribution in [0.3, 0.4) is 0 Å². The fourth-order valence-electron chi connectivity index (χ4n) is 4.40. The zero-order chi connectivity index (χ0) is 24.5. The van der Waals surface area contributed by atoms with Gasteiger partial charge >= 0.3 is 0 Å². The molecule has 0 radical (unpaired) electrons. The van der Waals surface area contributed by atoms with Gasteiger partial charge in [0.2, 0.25) is 11.8 Å². The Balaban J connectivity index is 1.24. The molecule has 0 aliphatic carbocycles. The smallest absolute Gasteiger partial charge is 0.262 e. The van der Waals surface area contributed by atoms with Gasteiger partial charge in [-0.25, -0.2) is 9.97 Å². The van der Waals surface area contributed by atoms with Crippen LogP contribution in [-0.4, -0.2) is 51.1 Å². The summed E-state index contributed by atoms with van der Waals surface area (Å²) in [6, 6.07) is 11.6. The average molecular weight is 468 g/mol. The van der Waals surface area contributed by atoms with Crippen LogP contribution in [0.4, 0.5) is 5.82 Å². The molecule has 2 N–H and O–H groups in total. The first-order chi connectivity index (χ1) is 17.0.